The Morgan fingerprint density at radius 1 is 0.692 bits per heavy atom. The Kier molecular flexibility index (Phi) is 9.70. The van der Waals surface area contributed by atoms with Crippen LogP contribution in [0, 0.1) is 0 Å². The van der Waals surface area contributed by atoms with E-state index in [-0.39, 0.29) is 0 Å². The second-order valence-electron chi connectivity index (χ2n) is 7.35. The summed E-state index contributed by atoms with van der Waals surface area (Å²) in [6, 6.07) is 16.0. The lowest BCUT2D eigenvalue weighted by atomic mass is 9.91. The summed E-state index contributed by atoms with van der Waals surface area (Å²) in [6.07, 6.45) is 11.5. The van der Waals surface area contributed by atoms with Gasteiger partial charge < -0.3 is 0 Å². The second kappa shape index (κ2) is 11.8. The van der Waals surface area contributed by atoms with Gasteiger partial charge in [-0.3, -0.25) is 0 Å². The predicted octanol–water partition coefficient (Wildman–Crippen LogP) is 5.95. The average Bonchev–Trinajstić information content (AvgIpc) is 2.69. The fourth-order valence-electron chi connectivity index (χ4n) is 3.71. The van der Waals surface area contributed by atoms with Gasteiger partial charge in [0.15, 0.2) is 7.42 Å². The maximum atomic E-state index is 4.16. The molecule has 0 aliphatic heterocycles. The van der Waals surface area contributed by atoms with Crippen molar-refractivity contribution in [1.29, 1.82) is 0 Å². The standard InChI is InChI=1S/C24H35BrSi/c1-4-7-13-20-18-19-24(26(25)21-14-11-10-12-15-21)23(17-9-6-3)22(20)16-8-5-2/h10-12,14-15,18-19,26H,4-9,13,16-17H2,1-3H3. The first kappa shape index (κ1) is 21.4. The molecule has 2 heteroatoms. The lowest BCUT2D eigenvalue weighted by Gasteiger charge is -2.22. The van der Waals surface area contributed by atoms with Gasteiger partial charge in [0.25, 0.3) is 0 Å². The Balaban J connectivity index is 2.48. The Bertz CT molecular complexity index is 651. The van der Waals surface area contributed by atoms with Crippen molar-refractivity contribution >= 4 is 33.1 Å². The topological polar surface area (TPSA) is 0 Å². The fourth-order valence-corrected chi connectivity index (χ4v) is 7.73. The van der Waals surface area contributed by atoms with Crippen LogP contribution in [0.25, 0.3) is 0 Å². The minimum absolute atomic E-state index is 1.24. The number of benzene rings is 2. The highest BCUT2D eigenvalue weighted by Gasteiger charge is 2.20. The minimum Gasteiger partial charge on any atom is -0.119 e. The van der Waals surface area contributed by atoms with E-state index in [1.807, 2.05) is 0 Å². The summed E-state index contributed by atoms with van der Waals surface area (Å²) < 4.78 is 0. The molecule has 1 atom stereocenters. The molecule has 0 bridgehead atoms. The van der Waals surface area contributed by atoms with Crippen LogP contribution in [-0.2, 0) is 19.3 Å². The van der Waals surface area contributed by atoms with Crippen molar-refractivity contribution in [2.24, 2.45) is 0 Å². The number of unbranched alkanes of at least 4 members (excludes halogenated alkanes) is 3. The van der Waals surface area contributed by atoms with Crippen molar-refractivity contribution in [1.82, 2.24) is 0 Å². The molecule has 0 saturated carbocycles. The van der Waals surface area contributed by atoms with Crippen molar-refractivity contribution in [2.45, 2.75) is 78.6 Å². The number of hydrogen-bond acceptors (Lipinski definition) is 0. The molecule has 0 aliphatic carbocycles. The molecule has 0 heterocycles. The molecule has 26 heavy (non-hydrogen) atoms. The van der Waals surface area contributed by atoms with Gasteiger partial charge in [-0.1, -0.05) is 82.5 Å². The number of hydrogen-bond donors (Lipinski definition) is 0. The van der Waals surface area contributed by atoms with Gasteiger partial charge in [0.2, 0.25) is 0 Å². The van der Waals surface area contributed by atoms with E-state index in [9.17, 15) is 0 Å². The van der Waals surface area contributed by atoms with Gasteiger partial charge in [-0.15, -0.1) is 15.3 Å². The summed E-state index contributed by atoms with van der Waals surface area (Å²) >= 11 is 4.16. The lowest BCUT2D eigenvalue weighted by molar-refractivity contribution is 0.737. The van der Waals surface area contributed by atoms with E-state index in [4.69, 9.17) is 0 Å². The summed E-state index contributed by atoms with van der Waals surface area (Å²) in [5, 5.41) is 3.11. The highest BCUT2D eigenvalue weighted by molar-refractivity contribution is 9.25. The molecule has 2 aromatic carbocycles. The smallest absolute Gasteiger partial charge is 0.119 e. The monoisotopic (exact) mass is 430 g/mol. The molecule has 0 fully saturated rings. The summed E-state index contributed by atoms with van der Waals surface area (Å²) in [5.74, 6) is 0. The summed E-state index contributed by atoms with van der Waals surface area (Å²) in [6.45, 7) is 6.93. The molecule has 142 valence electrons. The molecule has 0 amide bonds. The van der Waals surface area contributed by atoms with Gasteiger partial charge in [0.05, 0.1) is 0 Å². The minimum atomic E-state index is -1.30. The Morgan fingerprint density at radius 2 is 1.27 bits per heavy atom. The van der Waals surface area contributed by atoms with E-state index in [0.29, 0.717) is 0 Å². The average molecular weight is 432 g/mol. The molecule has 0 aromatic heterocycles. The van der Waals surface area contributed by atoms with Crippen LogP contribution < -0.4 is 10.4 Å². The Hall–Kier alpha value is -0.863. The van der Waals surface area contributed by atoms with E-state index >= 15 is 0 Å². The van der Waals surface area contributed by atoms with Crippen molar-refractivity contribution in [3.63, 3.8) is 0 Å². The zero-order valence-corrected chi connectivity index (χ0v) is 19.6. The van der Waals surface area contributed by atoms with Gasteiger partial charge in [-0.05, 0) is 65.6 Å². The SMILES string of the molecule is CCCCc1ccc([SiH](Br)c2ccccc2)c(CCCC)c1CCCC. The van der Waals surface area contributed by atoms with Crippen LogP contribution in [0.1, 0.15) is 76.0 Å². The fraction of sp³-hybridized carbons (Fsp3) is 0.500. The van der Waals surface area contributed by atoms with Gasteiger partial charge in [0.1, 0.15) is 0 Å². The first-order valence-corrected chi connectivity index (χ1v) is 14.9. The van der Waals surface area contributed by atoms with Gasteiger partial charge >= 0.3 is 0 Å². The zero-order valence-electron chi connectivity index (χ0n) is 16.9. The van der Waals surface area contributed by atoms with Crippen LogP contribution in [0.15, 0.2) is 42.5 Å². The van der Waals surface area contributed by atoms with Crippen LogP contribution >= 0.6 is 15.3 Å². The molecular weight excluding hydrogens is 396 g/mol. The molecule has 2 aromatic rings. The summed E-state index contributed by atoms with van der Waals surface area (Å²) in [5.41, 5.74) is 5.00. The molecule has 0 spiro atoms. The van der Waals surface area contributed by atoms with Crippen LogP contribution in [0.5, 0.6) is 0 Å². The number of aryl methyl sites for hydroxylation is 1. The predicted molar refractivity (Wildman–Crippen MR) is 124 cm³/mol. The number of rotatable bonds is 11. The molecule has 1 unspecified atom stereocenters. The van der Waals surface area contributed by atoms with E-state index in [2.05, 4.69) is 78.5 Å². The van der Waals surface area contributed by atoms with E-state index in [0.717, 1.165) is 0 Å². The van der Waals surface area contributed by atoms with Crippen molar-refractivity contribution < 1.29 is 0 Å². The van der Waals surface area contributed by atoms with Crippen LogP contribution in [-0.4, -0.2) is 7.42 Å². The third-order valence-electron chi connectivity index (χ3n) is 5.29. The van der Waals surface area contributed by atoms with E-state index < -0.39 is 7.42 Å². The van der Waals surface area contributed by atoms with E-state index in [1.165, 1.54) is 63.0 Å². The Labute approximate surface area is 170 Å². The van der Waals surface area contributed by atoms with Crippen LogP contribution in [0.4, 0.5) is 0 Å². The van der Waals surface area contributed by atoms with Gasteiger partial charge in [-0.2, -0.15) is 0 Å². The third-order valence-corrected chi connectivity index (χ3v) is 10.4. The zero-order chi connectivity index (χ0) is 18.8. The third kappa shape index (κ3) is 5.82. The largest absolute Gasteiger partial charge is 0.175 e. The molecule has 0 aliphatic rings. The highest BCUT2D eigenvalue weighted by Crippen LogP contribution is 2.22. The van der Waals surface area contributed by atoms with Crippen molar-refractivity contribution in [3.05, 3.63) is 59.2 Å². The number of halogens is 1. The maximum Gasteiger partial charge on any atom is 0.175 e. The van der Waals surface area contributed by atoms with E-state index in [1.54, 1.807) is 21.9 Å². The molecule has 0 nitrogen and oxygen atoms in total. The molecule has 0 radical (unpaired) electrons. The lowest BCUT2D eigenvalue weighted by Crippen LogP contribution is -2.39. The normalized spacial score (nSPS) is 12.3. The van der Waals surface area contributed by atoms with Crippen molar-refractivity contribution in [2.75, 3.05) is 0 Å². The second-order valence-corrected chi connectivity index (χ2v) is 12.1. The maximum absolute atomic E-state index is 4.16. The van der Waals surface area contributed by atoms with Crippen LogP contribution in [0.2, 0.25) is 0 Å². The first-order chi connectivity index (χ1) is 12.7. The van der Waals surface area contributed by atoms with Gasteiger partial charge in [-0.25, -0.2) is 0 Å². The molecular formula is C24H35BrSi. The molecule has 0 saturated heterocycles. The quantitative estimate of drug-likeness (QED) is 0.305. The highest BCUT2D eigenvalue weighted by atomic mass is 79.9. The first-order valence-electron chi connectivity index (χ1n) is 10.5. The van der Waals surface area contributed by atoms with Crippen molar-refractivity contribution in [3.8, 4) is 0 Å². The summed E-state index contributed by atoms with van der Waals surface area (Å²) in [7, 11) is -1.30. The van der Waals surface area contributed by atoms with Crippen LogP contribution in [0.3, 0.4) is 0 Å². The van der Waals surface area contributed by atoms with Gasteiger partial charge in [0, 0.05) is 0 Å². The molecule has 2 rings (SSSR count). The summed E-state index contributed by atoms with van der Waals surface area (Å²) in [4.78, 5) is 0. The Morgan fingerprint density at radius 3 is 1.88 bits per heavy atom. The molecule has 0 N–H and O–H groups in total.